The van der Waals surface area contributed by atoms with Crippen molar-refractivity contribution in [2.75, 3.05) is 13.7 Å². The van der Waals surface area contributed by atoms with E-state index in [1.807, 2.05) is 0 Å². The van der Waals surface area contributed by atoms with Crippen LogP contribution in [0.4, 0.5) is 13.2 Å². The summed E-state index contributed by atoms with van der Waals surface area (Å²) >= 11 is 0. The van der Waals surface area contributed by atoms with Crippen molar-refractivity contribution < 1.29 is 36.2 Å². The molecule has 0 bridgehead atoms. The molecule has 2 aromatic rings. The molecular weight excluding hydrogens is 459 g/mol. The molecule has 0 spiro atoms. The van der Waals surface area contributed by atoms with E-state index in [2.05, 4.69) is 0 Å². The monoisotopic (exact) mass is 485 g/mol. The van der Waals surface area contributed by atoms with Crippen LogP contribution in [0, 0.1) is 0 Å². The SMILES string of the molecule is CC(C)c1cc(C(F)(F)F)cc(S(=O)(=O)N(C)C2CCCc3c(OCC(=O)O)cccc32)c1. The summed E-state index contributed by atoms with van der Waals surface area (Å²) in [7, 11) is -2.90. The molecule has 0 aromatic heterocycles. The van der Waals surface area contributed by atoms with Gasteiger partial charge in [-0.05, 0) is 66.1 Å². The average molecular weight is 486 g/mol. The molecule has 0 heterocycles. The van der Waals surface area contributed by atoms with Gasteiger partial charge < -0.3 is 9.84 Å². The van der Waals surface area contributed by atoms with Crippen LogP contribution >= 0.6 is 0 Å². The van der Waals surface area contributed by atoms with Gasteiger partial charge in [0.1, 0.15) is 5.75 Å². The normalized spacial score (nSPS) is 16.7. The van der Waals surface area contributed by atoms with E-state index in [0.717, 1.165) is 10.4 Å². The molecule has 0 aliphatic heterocycles. The molecule has 0 saturated heterocycles. The molecule has 6 nitrogen and oxygen atoms in total. The summed E-state index contributed by atoms with van der Waals surface area (Å²) in [5.41, 5.74) is 0.648. The zero-order chi connectivity index (χ0) is 24.6. The maximum Gasteiger partial charge on any atom is 0.416 e. The number of carboxylic acids is 1. The number of rotatable bonds is 7. The Hall–Kier alpha value is -2.59. The lowest BCUT2D eigenvalue weighted by Gasteiger charge is -2.33. The van der Waals surface area contributed by atoms with Crippen molar-refractivity contribution >= 4 is 16.0 Å². The quantitative estimate of drug-likeness (QED) is 0.597. The van der Waals surface area contributed by atoms with Crippen LogP contribution in [0.2, 0.25) is 0 Å². The zero-order valence-electron chi connectivity index (χ0n) is 18.5. The molecule has 33 heavy (non-hydrogen) atoms. The second-order valence-electron chi connectivity index (χ2n) is 8.38. The molecule has 1 N–H and O–H groups in total. The Kier molecular flexibility index (Phi) is 7.09. The number of carboxylic acid groups (broad SMARTS) is 1. The average Bonchev–Trinajstić information content (AvgIpc) is 2.75. The third-order valence-electron chi connectivity index (χ3n) is 5.82. The van der Waals surface area contributed by atoms with Crippen LogP contribution < -0.4 is 4.74 Å². The van der Waals surface area contributed by atoms with Gasteiger partial charge in [0, 0.05) is 7.05 Å². The highest BCUT2D eigenvalue weighted by molar-refractivity contribution is 7.89. The molecule has 3 rings (SSSR count). The highest BCUT2D eigenvalue weighted by atomic mass is 32.2. The minimum Gasteiger partial charge on any atom is -0.482 e. The van der Waals surface area contributed by atoms with Crippen LogP contribution in [0.5, 0.6) is 5.75 Å². The first kappa shape index (κ1) is 25.0. The van der Waals surface area contributed by atoms with E-state index in [4.69, 9.17) is 9.84 Å². The minimum absolute atomic E-state index is 0.283. The third kappa shape index (κ3) is 5.33. The zero-order valence-corrected chi connectivity index (χ0v) is 19.3. The summed E-state index contributed by atoms with van der Waals surface area (Å²) in [5.74, 6) is -1.06. The van der Waals surface area contributed by atoms with Crippen molar-refractivity contribution in [3.63, 3.8) is 0 Å². The smallest absolute Gasteiger partial charge is 0.416 e. The molecule has 1 aliphatic carbocycles. The molecule has 2 aromatic carbocycles. The first-order valence-corrected chi connectivity index (χ1v) is 11.9. The standard InChI is InChI=1S/C23H26F3NO5S/c1-14(2)15-10-16(23(24,25)26)12-17(11-15)33(30,31)27(3)20-8-4-7-19-18(20)6-5-9-21(19)32-13-22(28)29/h5-6,9-12,14,20H,4,7-8,13H2,1-3H3,(H,28,29). The number of carbonyl (C=O) groups is 1. The van der Waals surface area contributed by atoms with Crippen molar-refractivity contribution in [2.24, 2.45) is 0 Å². The number of fused-ring (bicyclic) bond motifs is 1. The van der Waals surface area contributed by atoms with Gasteiger partial charge in [0.25, 0.3) is 0 Å². The maximum absolute atomic E-state index is 13.5. The van der Waals surface area contributed by atoms with Crippen LogP contribution in [-0.2, 0) is 27.4 Å². The lowest BCUT2D eigenvalue weighted by molar-refractivity contribution is -0.139. The van der Waals surface area contributed by atoms with Gasteiger partial charge in [0.15, 0.2) is 6.61 Å². The van der Waals surface area contributed by atoms with Gasteiger partial charge in [-0.2, -0.15) is 17.5 Å². The Labute approximate surface area is 191 Å². The molecule has 180 valence electrons. The second kappa shape index (κ2) is 9.34. The second-order valence-corrected chi connectivity index (χ2v) is 10.4. The van der Waals surface area contributed by atoms with Gasteiger partial charge in [0.05, 0.1) is 16.5 Å². The number of hydrogen-bond donors (Lipinski definition) is 1. The van der Waals surface area contributed by atoms with E-state index in [1.54, 1.807) is 32.0 Å². The van der Waals surface area contributed by atoms with E-state index in [-0.39, 0.29) is 11.5 Å². The molecule has 0 fully saturated rings. The van der Waals surface area contributed by atoms with Crippen LogP contribution in [-0.4, -0.2) is 37.5 Å². The van der Waals surface area contributed by atoms with E-state index in [9.17, 15) is 26.4 Å². The number of sulfonamides is 1. The number of nitrogens with zero attached hydrogens (tertiary/aromatic N) is 1. The van der Waals surface area contributed by atoms with Gasteiger partial charge in [-0.15, -0.1) is 0 Å². The largest absolute Gasteiger partial charge is 0.482 e. The molecule has 1 unspecified atom stereocenters. The number of alkyl halides is 3. The fraction of sp³-hybridized carbons (Fsp3) is 0.435. The van der Waals surface area contributed by atoms with Crippen LogP contribution in [0.25, 0.3) is 0 Å². The Balaban J connectivity index is 2.03. The number of benzene rings is 2. The van der Waals surface area contributed by atoms with E-state index in [0.29, 0.717) is 42.2 Å². The molecule has 0 amide bonds. The first-order valence-electron chi connectivity index (χ1n) is 10.5. The predicted octanol–water partition coefficient (Wildman–Crippen LogP) is 4.99. The van der Waals surface area contributed by atoms with E-state index < -0.39 is 45.3 Å². The van der Waals surface area contributed by atoms with Gasteiger partial charge in [-0.1, -0.05) is 26.0 Å². The lowest BCUT2D eigenvalue weighted by atomic mass is 9.87. The van der Waals surface area contributed by atoms with Crippen molar-refractivity contribution in [3.05, 3.63) is 58.7 Å². The Bertz CT molecular complexity index is 1150. The number of aliphatic carboxylic acids is 1. The summed E-state index contributed by atoms with van der Waals surface area (Å²) in [4.78, 5) is 10.5. The highest BCUT2D eigenvalue weighted by Gasteiger charge is 2.36. The van der Waals surface area contributed by atoms with Crippen molar-refractivity contribution in [3.8, 4) is 5.75 Å². The van der Waals surface area contributed by atoms with E-state index in [1.165, 1.54) is 13.1 Å². The fourth-order valence-corrected chi connectivity index (χ4v) is 5.49. The summed E-state index contributed by atoms with van der Waals surface area (Å²) < 4.78 is 73.7. The van der Waals surface area contributed by atoms with Gasteiger partial charge in [-0.25, -0.2) is 13.2 Å². The molecule has 1 atom stereocenters. The van der Waals surface area contributed by atoms with Gasteiger partial charge in [-0.3, -0.25) is 0 Å². The number of ether oxygens (including phenoxy) is 1. The lowest BCUT2D eigenvalue weighted by Crippen LogP contribution is -2.33. The van der Waals surface area contributed by atoms with Crippen molar-refractivity contribution in [2.45, 2.75) is 56.1 Å². The number of halogens is 3. The molecule has 0 saturated carbocycles. The minimum atomic E-state index is -4.68. The summed E-state index contributed by atoms with van der Waals surface area (Å²) in [5, 5.41) is 8.90. The van der Waals surface area contributed by atoms with E-state index >= 15 is 0 Å². The third-order valence-corrected chi connectivity index (χ3v) is 7.67. The molecular formula is C23H26F3NO5S. The molecule has 1 aliphatic rings. The molecule has 10 heteroatoms. The van der Waals surface area contributed by atoms with Crippen LogP contribution in [0.15, 0.2) is 41.3 Å². The first-order chi connectivity index (χ1) is 15.3. The Morgan fingerprint density at radius 3 is 2.55 bits per heavy atom. The summed E-state index contributed by atoms with van der Waals surface area (Å²) in [6.45, 7) is 2.87. The highest BCUT2D eigenvalue weighted by Crippen LogP contribution is 2.41. The van der Waals surface area contributed by atoms with Gasteiger partial charge >= 0.3 is 12.1 Å². The van der Waals surface area contributed by atoms with Crippen molar-refractivity contribution in [1.29, 1.82) is 0 Å². The Morgan fingerprint density at radius 1 is 1.24 bits per heavy atom. The fourth-order valence-electron chi connectivity index (χ4n) is 4.04. The van der Waals surface area contributed by atoms with Crippen LogP contribution in [0.1, 0.15) is 60.9 Å². The molecule has 0 radical (unpaired) electrons. The summed E-state index contributed by atoms with van der Waals surface area (Å²) in [6, 6.07) is 7.34. The predicted molar refractivity (Wildman–Crippen MR) is 116 cm³/mol. The topological polar surface area (TPSA) is 83.9 Å². The maximum atomic E-state index is 13.5. The summed E-state index contributed by atoms with van der Waals surface area (Å²) in [6.07, 6.45) is -3.01. The van der Waals surface area contributed by atoms with Gasteiger partial charge in [0.2, 0.25) is 10.0 Å². The van der Waals surface area contributed by atoms with Crippen molar-refractivity contribution in [1.82, 2.24) is 4.31 Å². The van der Waals surface area contributed by atoms with Crippen LogP contribution in [0.3, 0.4) is 0 Å². The Morgan fingerprint density at radius 2 is 1.94 bits per heavy atom. The number of hydrogen-bond acceptors (Lipinski definition) is 4.